The van der Waals surface area contributed by atoms with Gasteiger partial charge in [-0.25, -0.2) is 0 Å². The molecule has 8 heteroatoms. The predicted octanol–water partition coefficient (Wildman–Crippen LogP) is 0.833. The molecule has 0 spiro atoms. The minimum absolute atomic E-state index is 0.149. The third kappa shape index (κ3) is 3.68. The molecule has 1 atom stereocenters. The molecule has 2 rings (SSSR count). The second-order valence-corrected chi connectivity index (χ2v) is 5.06. The summed E-state index contributed by atoms with van der Waals surface area (Å²) in [6.07, 6.45) is 0. The summed E-state index contributed by atoms with van der Waals surface area (Å²) in [6, 6.07) is 0.149. The van der Waals surface area contributed by atoms with Gasteiger partial charge in [-0.2, -0.15) is 15.0 Å². The van der Waals surface area contributed by atoms with Crippen LogP contribution in [-0.4, -0.2) is 68.1 Å². The number of morpholine rings is 1. The molecular weight excluding hydrogens is 282 g/mol. The number of ether oxygens (including phenoxy) is 2. The van der Waals surface area contributed by atoms with E-state index in [4.69, 9.17) is 21.1 Å². The molecule has 1 saturated heterocycles. The first-order valence-electron chi connectivity index (χ1n) is 6.58. The number of nitrogens with zero attached hydrogens (tertiary/aromatic N) is 5. The Labute approximate surface area is 123 Å². The quantitative estimate of drug-likeness (QED) is 0.798. The van der Waals surface area contributed by atoms with Crippen molar-refractivity contribution in [1.82, 2.24) is 15.0 Å². The molecule has 0 bridgehead atoms. The van der Waals surface area contributed by atoms with Crippen LogP contribution in [-0.2, 0) is 9.47 Å². The highest BCUT2D eigenvalue weighted by atomic mass is 35.5. The number of halogens is 1. The van der Waals surface area contributed by atoms with Crippen LogP contribution in [0.2, 0.25) is 5.28 Å². The van der Waals surface area contributed by atoms with E-state index in [2.05, 4.69) is 19.9 Å². The fourth-order valence-corrected chi connectivity index (χ4v) is 2.09. The van der Waals surface area contributed by atoms with Crippen LogP contribution >= 0.6 is 11.6 Å². The zero-order chi connectivity index (χ0) is 14.5. The minimum Gasteiger partial charge on any atom is -0.383 e. The van der Waals surface area contributed by atoms with Crippen LogP contribution in [0.25, 0.3) is 0 Å². The van der Waals surface area contributed by atoms with Gasteiger partial charge in [0.1, 0.15) is 0 Å². The predicted molar refractivity (Wildman–Crippen MR) is 77.6 cm³/mol. The van der Waals surface area contributed by atoms with Crippen molar-refractivity contribution in [3.63, 3.8) is 0 Å². The van der Waals surface area contributed by atoms with Gasteiger partial charge in [-0.3, -0.25) is 0 Å². The van der Waals surface area contributed by atoms with E-state index in [1.54, 1.807) is 7.11 Å². The summed E-state index contributed by atoms with van der Waals surface area (Å²) in [5.74, 6) is 1.15. The van der Waals surface area contributed by atoms with Crippen molar-refractivity contribution in [3.8, 4) is 0 Å². The van der Waals surface area contributed by atoms with Crippen molar-refractivity contribution in [1.29, 1.82) is 0 Å². The average molecular weight is 302 g/mol. The molecular formula is C12H20ClN5O2. The molecule has 0 radical (unpaired) electrons. The molecule has 1 unspecified atom stereocenters. The lowest BCUT2D eigenvalue weighted by molar-refractivity contribution is 0.122. The average Bonchev–Trinajstić information content (AvgIpc) is 2.47. The van der Waals surface area contributed by atoms with E-state index >= 15 is 0 Å². The molecule has 1 aromatic rings. The fourth-order valence-electron chi connectivity index (χ4n) is 1.94. The van der Waals surface area contributed by atoms with E-state index in [0.717, 1.165) is 13.1 Å². The molecule has 0 aliphatic carbocycles. The Bertz CT molecular complexity index is 442. The van der Waals surface area contributed by atoms with Gasteiger partial charge in [-0.15, -0.1) is 0 Å². The first kappa shape index (κ1) is 15.2. The lowest BCUT2D eigenvalue weighted by Gasteiger charge is -2.28. The summed E-state index contributed by atoms with van der Waals surface area (Å²) in [5, 5.41) is 0.202. The van der Waals surface area contributed by atoms with E-state index in [1.807, 2.05) is 18.9 Å². The van der Waals surface area contributed by atoms with E-state index in [-0.39, 0.29) is 11.3 Å². The summed E-state index contributed by atoms with van der Waals surface area (Å²) in [6.45, 7) is 5.50. The van der Waals surface area contributed by atoms with Crippen LogP contribution < -0.4 is 9.80 Å². The molecule has 1 aromatic heterocycles. The molecule has 0 N–H and O–H groups in total. The number of likely N-dealkylation sites (N-methyl/N-ethyl adjacent to an activating group) is 1. The van der Waals surface area contributed by atoms with Gasteiger partial charge >= 0.3 is 0 Å². The number of anilines is 2. The molecule has 112 valence electrons. The van der Waals surface area contributed by atoms with Crippen molar-refractivity contribution < 1.29 is 9.47 Å². The maximum atomic E-state index is 6.02. The van der Waals surface area contributed by atoms with Crippen LogP contribution in [0, 0.1) is 0 Å². The van der Waals surface area contributed by atoms with Crippen LogP contribution in [0.3, 0.4) is 0 Å². The number of aromatic nitrogens is 3. The SMILES string of the molecule is COCC(C)N(C)c1nc(Cl)nc(N2CCOCC2)n1. The highest BCUT2D eigenvalue weighted by Gasteiger charge is 2.19. The number of rotatable bonds is 5. The summed E-state index contributed by atoms with van der Waals surface area (Å²) < 4.78 is 10.5. The highest BCUT2D eigenvalue weighted by Crippen LogP contribution is 2.18. The Kier molecular flexibility index (Phi) is 5.33. The van der Waals surface area contributed by atoms with Gasteiger partial charge in [-0.1, -0.05) is 0 Å². The summed E-state index contributed by atoms with van der Waals surface area (Å²) in [7, 11) is 3.59. The molecule has 1 aliphatic heterocycles. The number of methoxy groups -OCH3 is 1. The lowest BCUT2D eigenvalue weighted by Crippen LogP contribution is -2.38. The molecule has 1 fully saturated rings. The lowest BCUT2D eigenvalue weighted by atomic mass is 10.3. The van der Waals surface area contributed by atoms with Crippen molar-refractivity contribution in [2.24, 2.45) is 0 Å². The summed E-state index contributed by atoms with van der Waals surface area (Å²) in [5.41, 5.74) is 0. The maximum Gasteiger partial charge on any atom is 0.231 e. The summed E-state index contributed by atoms with van der Waals surface area (Å²) in [4.78, 5) is 16.9. The molecule has 0 amide bonds. The van der Waals surface area contributed by atoms with Gasteiger partial charge in [0.05, 0.1) is 25.9 Å². The molecule has 1 aliphatic rings. The van der Waals surface area contributed by atoms with Crippen LogP contribution in [0.15, 0.2) is 0 Å². The van der Waals surface area contributed by atoms with Crippen molar-refractivity contribution >= 4 is 23.5 Å². The Balaban J connectivity index is 2.19. The van der Waals surface area contributed by atoms with Crippen molar-refractivity contribution in [3.05, 3.63) is 5.28 Å². The Morgan fingerprint density at radius 3 is 2.70 bits per heavy atom. The van der Waals surface area contributed by atoms with Crippen molar-refractivity contribution in [2.45, 2.75) is 13.0 Å². The summed E-state index contributed by atoms with van der Waals surface area (Å²) >= 11 is 6.02. The Morgan fingerprint density at radius 2 is 2.05 bits per heavy atom. The normalized spacial score (nSPS) is 17.1. The fraction of sp³-hybridized carbons (Fsp3) is 0.750. The topological polar surface area (TPSA) is 63.6 Å². The van der Waals surface area contributed by atoms with Crippen LogP contribution in [0.4, 0.5) is 11.9 Å². The zero-order valence-electron chi connectivity index (χ0n) is 12.0. The first-order valence-corrected chi connectivity index (χ1v) is 6.95. The van der Waals surface area contributed by atoms with E-state index < -0.39 is 0 Å². The number of hydrogen-bond acceptors (Lipinski definition) is 7. The van der Waals surface area contributed by atoms with E-state index in [1.165, 1.54) is 0 Å². The Hall–Kier alpha value is -1.18. The second kappa shape index (κ2) is 7.01. The molecule has 0 aromatic carbocycles. The van der Waals surface area contributed by atoms with Gasteiger partial charge in [-0.05, 0) is 18.5 Å². The van der Waals surface area contributed by atoms with Gasteiger partial charge in [0.25, 0.3) is 0 Å². The third-order valence-electron chi connectivity index (χ3n) is 3.26. The van der Waals surface area contributed by atoms with Gasteiger partial charge in [0, 0.05) is 27.2 Å². The standard InChI is InChI=1S/C12H20ClN5O2/c1-9(8-19-3)17(2)11-14-10(13)15-12(16-11)18-4-6-20-7-5-18/h9H,4-8H2,1-3H3. The smallest absolute Gasteiger partial charge is 0.231 e. The third-order valence-corrected chi connectivity index (χ3v) is 3.43. The first-order chi connectivity index (χ1) is 9.61. The van der Waals surface area contributed by atoms with Crippen LogP contribution in [0.1, 0.15) is 6.92 Å². The Morgan fingerprint density at radius 1 is 1.35 bits per heavy atom. The van der Waals surface area contributed by atoms with Crippen LogP contribution in [0.5, 0.6) is 0 Å². The van der Waals surface area contributed by atoms with E-state index in [9.17, 15) is 0 Å². The zero-order valence-corrected chi connectivity index (χ0v) is 12.8. The maximum absolute atomic E-state index is 6.02. The van der Waals surface area contributed by atoms with Gasteiger partial charge < -0.3 is 19.3 Å². The van der Waals surface area contributed by atoms with Gasteiger partial charge in [0.15, 0.2) is 0 Å². The monoisotopic (exact) mass is 301 g/mol. The van der Waals surface area contributed by atoms with Crippen molar-refractivity contribution in [2.75, 3.05) is 56.9 Å². The molecule has 0 saturated carbocycles. The van der Waals surface area contributed by atoms with E-state index in [0.29, 0.717) is 31.7 Å². The van der Waals surface area contributed by atoms with Gasteiger partial charge in [0.2, 0.25) is 17.2 Å². The highest BCUT2D eigenvalue weighted by molar-refractivity contribution is 6.28. The second-order valence-electron chi connectivity index (χ2n) is 4.72. The number of hydrogen-bond donors (Lipinski definition) is 0. The largest absolute Gasteiger partial charge is 0.383 e. The molecule has 2 heterocycles. The minimum atomic E-state index is 0.149. The molecule has 7 nitrogen and oxygen atoms in total. The molecule has 20 heavy (non-hydrogen) atoms.